The van der Waals surface area contributed by atoms with Gasteiger partial charge in [0, 0.05) is 0 Å². The van der Waals surface area contributed by atoms with Crippen molar-refractivity contribution in [3.63, 3.8) is 0 Å². The molecule has 0 radical (unpaired) electrons. The summed E-state index contributed by atoms with van der Waals surface area (Å²) in [5.74, 6) is 1.31. The third-order valence-electron chi connectivity index (χ3n) is 5.17. The molecule has 0 fully saturated rings. The number of hydrogen-bond donors (Lipinski definition) is 0. The molecule has 0 saturated heterocycles. The molecule has 3 nitrogen and oxygen atoms in total. The van der Waals surface area contributed by atoms with Crippen LogP contribution in [0.15, 0.2) is 103 Å². The molecule has 0 N–H and O–H groups in total. The summed E-state index contributed by atoms with van der Waals surface area (Å²) in [5, 5.41) is 0.567. The Morgan fingerprint density at radius 1 is 0.697 bits per heavy atom. The van der Waals surface area contributed by atoms with Gasteiger partial charge < -0.3 is 0 Å². The average molecular weight is 755 g/mol. The van der Waals surface area contributed by atoms with Crippen molar-refractivity contribution in [3.8, 4) is 11.5 Å². The van der Waals surface area contributed by atoms with Crippen LogP contribution in [0.25, 0.3) is 0 Å². The Bertz CT molecular complexity index is 1260. The van der Waals surface area contributed by atoms with Crippen molar-refractivity contribution in [1.82, 2.24) is 0 Å². The maximum atomic E-state index is 7.08. The molecule has 0 atom stereocenters. The molecule has 8 heteroatoms. The second-order valence-electron chi connectivity index (χ2n) is 7.35. The number of hydrogen-bond acceptors (Lipinski definition) is 3. The first-order valence-corrected chi connectivity index (χ1v) is 17.9. The Balaban J connectivity index is 1.88. The summed E-state index contributed by atoms with van der Waals surface area (Å²) in [6, 6.07) is 28.0. The van der Waals surface area contributed by atoms with E-state index in [1.165, 1.54) is 0 Å². The monoisotopic (exact) mass is 753 g/mol. The minimum atomic E-state index is -4.39. The van der Waals surface area contributed by atoms with Crippen LogP contribution in [0.5, 0.6) is 11.5 Å². The fraction of sp³-hybridized carbons (Fsp3) is 0. The fourth-order valence-corrected chi connectivity index (χ4v) is 15.7. The Labute approximate surface area is 227 Å². The first kappa shape index (κ1) is 23.4. The standard InChI is InChI=1S/C13H7Br3ClNO2.2C6H5.Sn/c14-7-1-6(12(19)9(15)2-7)5-18-11-4-8(17)3-10(16)13(11)20;2*1-2-4-6-5-3-1;/h1-5,19-20H;2*1-5H;/q;;;+2/p-2. The van der Waals surface area contributed by atoms with Gasteiger partial charge in [-0.2, -0.15) is 0 Å². The van der Waals surface area contributed by atoms with E-state index in [0.29, 0.717) is 22.2 Å². The first-order chi connectivity index (χ1) is 16.0. The molecule has 0 aromatic heterocycles. The van der Waals surface area contributed by atoms with Gasteiger partial charge in [-0.1, -0.05) is 0 Å². The molecule has 164 valence electrons. The summed E-state index contributed by atoms with van der Waals surface area (Å²) in [7, 11) is 0. The molecule has 0 spiro atoms. The van der Waals surface area contributed by atoms with E-state index in [1.54, 1.807) is 6.21 Å². The summed E-state index contributed by atoms with van der Waals surface area (Å²) >= 11 is 12.9. The third-order valence-corrected chi connectivity index (χ3v) is 16.1. The van der Waals surface area contributed by atoms with Gasteiger partial charge in [0.2, 0.25) is 0 Å². The van der Waals surface area contributed by atoms with Gasteiger partial charge in [-0.3, -0.25) is 0 Å². The summed E-state index contributed by atoms with van der Waals surface area (Å²) in [6.07, 6.45) is 1.79. The predicted molar refractivity (Wildman–Crippen MR) is 147 cm³/mol. The molecule has 1 heterocycles. The van der Waals surface area contributed by atoms with Gasteiger partial charge in [0.25, 0.3) is 0 Å². The molecule has 33 heavy (non-hydrogen) atoms. The van der Waals surface area contributed by atoms with E-state index >= 15 is 0 Å². The maximum absolute atomic E-state index is 7.08. The van der Waals surface area contributed by atoms with Crippen LogP contribution in [0.2, 0.25) is 5.02 Å². The third kappa shape index (κ3) is 4.65. The van der Waals surface area contributed by atoms with Crippen molar-refractivity contribution in [2.24, 2.45) is 4.99 Å². The van der Waals surface area contributed by atoms with Crippen molar-refractivity contribution in [3.05, 3.63) is 109 Å². The van der Waals surface area contributed by atoms with Crippen LogP contribution in [-0.2, 0) is 0 Å². The molecule has 1 aliphatic rings. The Morgan fingerprint density at radius 3 is 1.91 bits per heavy atom. The van der Waals surface area contributed by atoms with Crippen molar-refractivity contribution >= 4 is 97.7 Å². The Kier molecular flexibility index (Phi) is 6.91. The van der Waals surface area contributed by atoms with Gasteiger partial charge in [-0.05, 0) is 0 Å². The van der Waals surface area contributed by atoms with Gasteiger partial charge in [0.1, 0.15) is 0 Å². The summed E-state index contributed by atoms with van der Waals surface area (Å²) in [5.41, 5.74) is 1.46. The van der Waals surface area contributed by atoms with E-state index in [4.69, 9.17) is 22.7 Å². The van der Waals surface area contributed by atoms with E-state index in [-0.39, 0.29) is 0 Å². The van der Waals surface area contributed by atoms with E-state index in [1.807, 2.05) is 60.7 Å². The second kappa shape index (κ2) is 9.74. The summed E-state index contributed by atoms with van der Waals surface area (Å²) < 4.78 is 18.6. The summed E-state index contributed by atoms with van der Waals surface area (Å²) in [6.45, 7) is 0. The van der Waals surface area contributed by atoms with E-state index < -0.39 is 19.2 Å². The van der Waals surface area contributed by atoms with Crippen LogP contribution >= 0.6 is 59.4 Å². The van der Waals surface area contributed by atoms with Gasteiger partial charge in [0.05, 0.1) is 0 Å². The Hall–Kier alpha value is -1.32. The SMILES string of the molecule is Clc1cc(Br)c2c(c1)N=Cc1cc(Br)cc(Br)c1[O][Sn]([c]1ccccc1)([c]1ccccc1)[O]2. The van der Waals surface area contributed by atoms with Crippen LogP contribution in [0.3, 0.4) is 0 Å². The first-order valence-electron chi connectivity index (χ1n) is 9.97. The van der Waals surface area contributed by atoms with Gasteiger partial charge >= 0.3 is 229 Å². The molecule has 5 rings (SSSR count). The molecule has 4 aromatic rings. The number of nitrogens with zero attached hydrogens (tertiary/aromatic N) is 1. The van der Waals surface area contributed by atoms with Crippen LogP contribution in [0.4, 0.5) is 5.69 Å². The van der Waals surface area contributed by atoms with Crippen LogP contribution in [0, 0.1) is 0 Å². The second-order valence-corrected chi connectivity index (χ2v) is 18.4. The Morgan fingerprint density at radius 2 is 1.27 bits per heavy atom. The number of fused-ring (bicyclic) bond motifs is 2. The van der Waals surface area contributed by atoms with Crippen LogP contribution < -0.4 is 13.3 Å². The molecule has 4 aromatic carbocycles. The molecule has 1 aliphatic heterocycles. The molecular weight excluding hydrogens is 740 g/mol. The van der Waals surface area contributed by atoms with Crippen molar-refractivity contribution in [2.45, 2.75) is 0 Å². The normalized spacial score (nSPS) is 14.1. The average Bonchev–Trinajstić information content (AvgIpc) is 2.88. The van der Waals surface area contributed by atoms with Crippen molar-refractivity contribution in [2.75, 3.05) is 0 Å². The molecule has 0 amide bonds. The zero-order chi connectivity index (χ0) is 23.0. The number of aliphatic imine (C=N–C) groups is 1. The molecular formula is C25H15Br3ClNO2Sn. The number of rotatable bonds is 2. The fourth-order valence-electron chi connectivity index (χ4n) is 3.69. The zero-order valence-electron chi connectivity index (χ0n) is 16.9. The number of benzene rings is 4. The van der Waals surface area contributed by atoms with Gasteiger partial charge in [0.15, 0.2) is 0 Å². The number of halogens is 4. The van der Waals surface area contributed by atoms with E-state index in [2.05, 4.69) is 72.1 Å². The molecule has 0 saturated carbocycles. The van der Waals surface area contributed by atoms with Crippen molar-refractivity contribution < 1.29 is 6.15 Å². The predicted octanol–water partition coefficient (Wildman–Crippen LogP) is 7.41. The van der Waals surface area contributed by atoms with E-state index in [9.17, 15) is 0 Å². The van der Waals surface area contributed by atoms with Crippen LogP contribution in [0.1, 0.15) is 5.56 Å². The van der Waals surface area contributed by atoms with Crippen LogP contribution in [-0.4, -0.2) is 25.4 Å². The van der Waals surface area contributed by atoms with E-state index in [0.717, 1.165) is 26.1 Å². The van der Waals surface area contributed by atoms with Gasteiger partial charge in [-0.15, -0.1) is 0 Å². The molecule has 0 aliphatic carbocycles. The molecule has 0 unspecified atom stereocenters. The summed E-state index contributed by atoms with van der Waals surface area (Å²) in [4.78, 5) is 4.75. The van der Waals surface area contributed by atoms with Crippen molar-refractivity contribution in [1.29, 1.82) is 0 Å². The molecule has 0 bridgehead atoms. The zero-order valence-corrected chi connectivity index (χ0v) is 25.3. The topological polar surface area (TPSA) is 30.8 Å². The minimum absolute atomic E-state index is 0.567. The quantitative estimate of drug-likeness (QED) is 0.200. The van der Waals surface area contributed by atoms with Gasteiger partial charge in [-0.25, -0.2) is 0 Å².